The second-order valence-electron chi connectivity index (χ2n) is 2.90. The molecule has 1 amide bonds. The molecule has 0 aromatic rings. The smallest absolute Gasteiger partial charge is 0.244 e. The quantitative estimate of drug-likeness (QED) is 0.592. The molecule has 0 fully saturated rings. The molecule has 0 aliphatic carbocycles. The lowest BCUT2D eigenvalue weighted by Gasteiger charge is -2.03. The molecule has 0 saturated carbocycles. The van der Waals surface area contributed by atoms with Crippen molar-refractivity contribution in [2.45, 2.75) is 26.7 Å². The van der Waals surface area contributed by atoms with E-state index in [0.717, 1.165) is 12.8 Å². The highest BCUT2D eigenvalue weighted by molar-refractivity contribution is 5.91. The standard InChI is InChI=1S/C8H15NO/c1-6(2)4-5-7(3)8(9)10/h6H,3-5H2,1-2H3,(H2,9,10). The van der Waals surface area contributed by atoms with E-state index in [1.165, 1.54) is 0 Å². The van der Waals surface area contributed by atoms with Crippen LogP contribution in [0.5, 0.6) is 0 Å². The summed E-state index contributed by atoms with van der Waals surface area (Å²) in [6.07, 6.45) is 1.72. The predicted molar refractivity (Wildman–Crippen MR) is 42.4 cm³/mol. The molecule has 2 nitrogen and oxygen atoms in total. The molecular formula is C8H15NO. The van der Waals surface area contributed by atoms with Crippen molar-refractivity contribution in [2.75, 3.05) is 0 Å². The van der Waals surface area contributed by atoms with E-state index in [-0.39, 0.29) is 5.91 Å². The van der Waals surface area contributed by atoms with Crippen LogP contribution in [0.1, 0.15) is 26.7 Å². The molecule has 2 heteroatoms. The number of carbonyl (C=O) groups excluding carboxylic acids is 1. The molecule has 0 heterocycles. The number of amides is 1. The molecule has 0 spiro atoms. The first-order chi connectivity index (χ1) is 4.54. The van der Waals surface area contributed by atoms with Crippen molar-refractivity contribution in [1.29, 1.82) is 0 Å². The summed E-state index contributed by atoms with van der Waals surface area (Å²) >= 11 is 0. The molecule has 10 heavy (non-hydrogen) atoms. The van der Waals surface area contributed by atoms with Crippen molar-refractivity contribution in [3.8, 4) is 0 Å². The summed E-state index contributed by atoms with van der Waals surface area (Å²) in [5.41, 5.74) is 5.52. The lowest BCUT2D eigenvalue weighted by Crippen LogP contribution is -2.13. The molecule has 0 unspecified atom stereocenters. The Hall–Kier alpha value is -0.790. The Morgan fingerprint density at radius 3 is 2.40 bits per heavy atom. The summed E-state index contributed by atoms with van der Waals surface area (Å²) in [7, 11) is 0. The van der Waals surface area contributed by atoms with Gasteiger partial charge in [0.2, 0.25) is 5.91 Å². The fraction of sp³-hybridized carbons (Fsp3) is 0.625. The van der Waals surface area contributed by atoms with Crippen molar-refractivity contribution in [3.63, 3.8) is 0 Å². The Labute approximate surface area is 62.1 Å². The second-order valence-corrected chi connectivity index (χ2v) is 2.90. The minimum absolute atomic E-state index is 0.374. The van der Waals surface area contributed by atoms with Crippen LogP contribution < -0.4 is 5.73 Å². The molecule has 0 saturated heterocycles. The van der Waals surface area contributed by atoms with Gasteiger partial charge in [-0.15, -0.1) is 0 Å². The van der Waals surface area contributed by atoms with Crippen molar-refractivity contribution in [2.24, 2.45) is 11.7 Å². The molecule has 0 aromatic carbocycles. The summed E-state index contributed by atoms with van der Waals surface area (Å²) in [6.45, 7) is 7.76. The lowest BCUT2D eigenvalue weighted by atomic mass is 10.0. The minimum atomic E-state index is -0.374. The highest BCUT2D eigenvalue weighted by Crippen LogP contribution is 2.08. The van der Waals surface area contributed by atoms with Gasteiger partial charge >= 0.3 is 0 Å². The summed E-state index contributed by atoms with van der Waals surface area (Å²) in [5.74, 6) is 0.233. The Morgan fingerprint density at radius 1 is 1.60 bits per heavy atom. The molecule has 0 radical (unpaired) electrons. The molecule has 2 N–H and O–H groups in total. The molecule has 58 valence electrons. The van der Waals surface area contributed by atoms with Gasteiger partial charge in [-0.1, -0.05) is 20.4 Å². The zero-order valence-corrected chi connectivity index (χ0v) is 6.68. The zero-order valence-electron chi connectivity index (χ0n) is 6.68. The number of hydrogen-bond donors (Lipinski definition) is 1. The number of rotatable bonds is 4. The third kappa shape index (κ3) is 4.13. The fourth-order valence-electron chi connectivity index (χ4n) is 0.586. The van der Waals surface area contributed by atoms with E-state index < -0.39 is 0 Å². The largest absolute Gasteiger partial charge is 0.366 e. The van der Waals surface area contributed by atoms with Crippen LogP contribution in [0.15, 0.2) is 12.2 Å². The van der Waals surface area contributed by atoms with E-state index in [1.807, 2.05) is 0 Å². The number of carbonyl (C=O) groups is 1. The van der Waals surface area contributed by atoms with Crippen molar-refractivity contribution in [1.82, 2.24) is 0 Å². The van der Waals surface area contributed by atoms with Crippen LogP contribution in [-0.4, -0.2) is 5.91 Å². The molecule has 0 atom stereocenters. The normalized spacial score (nSPS) is 9.90. The summed E-state index contributed by atoms with van der Waals surface area (Å²) in [6, 6.07) is 0. The SMILES string of the molecule is C=C(CCC(C)C)C(N)=O. The van der Waals surface area contributed by atoms with E-state index in [1.54, 1.807) is 0 Å². The fourth-order valence-corrected chi connectivity index (χ4v) is 0.586. The van der Waals surface area contributed by atoms with Crippen LogP contribution in [0.2, 0.25) is 0 Å². The molecule has 0 bridgehead atoms. The van der Waals surface area contributed by atoms with E-state index in [4.69, 9.17) is 5.73 Å². The third-order valence-electron chi connectivity index (χ3n) is 1.37. The van der Waals surface area contributed by atoms with Gasteiger partial charge in [0.1, 0.15) is 0 Å². The Bertz CT molecular complexity index is 138. The predicted octanol–water partition coefficient (Wildman–Crippen LogP) is 1.46. The van der Waals surface area contributed by atoms with Crippen LogP contribution in [0.4, 0.5) is 0 Å². The van der Waals surface area contributed by atoms with Crippen LogP contribution in [0, 0.1) is 5.92 Å². The highest BCUT2D eigenvalue weighted by atomic mass is 16.1. The lowest BCUT2D eigenvalue weighted by molar-refractivity contribution is -0.114. The van der Waals surface area contributed by atoms with E-state index in [0.29, 0.717) is 11.5 Å². The van der Waals surface area contributed by atoms with E-state index in [2.05, 4.69) is 20.4 Å². The van der Waals surface area contributed by atoms with Gasteiger partial charge in [0.25, 0.3) is 0 Å². The average molecular weight is 141 g/mol. The molecular weight excluding hydrogens is 126 g/mol. The van der Waals surface area contributed by atoms with E-state index >= 15 is 0 Å². The maximum atomic E-state index is 10.4. The first-order valence-corrected chi connectivity index (χ1v) is 3.51. The van der Waals surface area contributed by atoms with Gasteiger partial charge in [0.05, 0.1) is 0 Å². The monoisotopic (exact) mass is 141 g/mol. The van der Waals surface area contributed by atoms with Gasteiger partial charge in [0, 0.05) is 5.57 Å². The van der Waals surface area contributed by atoms with Gasteiger partial charge in [-0.2, -0.15) is 0 Å². The maximum absolute atomic E-state index is 10.4. The zero-order chi connectivity index (χ0) is 8.15. The van der Waals surface area contributed by atoms with Crippen LogP contribution in [0.25, 0.3) is 0 Å². The van der Waals surface area contributed by atoms with Crippen molar-refractivity contribution < 1.29 is 4.79 Å². The molecule has 0 aliphatic heterocycles. The van der Waals surface area contributed by atoms with Crippen LogP contribution in [0.3, 0.4) is 0 Å². The second kappa shape index (κ2) is 4.09. The van der Waals surface area contributed by atoms with Gasteiger partial charge in [-0.25, -0.2) is 0 Å². The van der Waals surface area contributed by atoms with Gasteiger partial charge < -0.3 is 5.73 Å². The first kappa shape index (κ1) is 9.21. The average Bonchev–Trinajstić information content (AvgIpc) is 1.82. The Kier molecular flexibility index (Phi) is 3.77. The van der Waals surface area contributed by atoms with E-state index in [9.17, 15) is 4.79 Å². The molecule has 0 aromatic heterocycles. The van der Waals surface area contributed by atoms with Gasteiger partial charge in [0.15, 0.2) is 0 Å². The number of hydrogen-bond acceptors (Lipinski definition) is 1. The topological polar surface area (TPSA) is 43.1 Å². The Balaban J connectivity index is 3.50. The van der Waals surface area contributed by atoms with Crippen molar-refractivity contribution in [3.05, 3.63) is 12.2 Å². The van der Waals surface area contributed by atoms with Crippen LogP contribution in [-0.2, 0) is 4.79 Å². The highest BCUT2D eigenvalue weighted by Gasteiger charge is 2.01. The first-order valence-electron chi connectivity index (χ1n) is 3.51. The van der Waals surface area contributed by atoms with Gasteiger partial charge in [-0.05, 0) is 18.8 Å². The summed E-state index contributed by atoms with van der Waals surface area (Å²) in [5, 5.41) is 0. The minimum Gasteiger partial charge on any atom is -0.366 e. The van der Waals surface area contributed by atoms with Crippen molar-refractivity contribution >= 4 is 5.91 Å². The third-order valence-corrected chi connectivity index (χ3v) is 1.37. The van der Waals surface area contributed by atoms with Gasteiger partial charge in [-0.3, -0.25) is 4.79 Å². The maximum Gasteiger partial charge on any atom is 0.244 e. The number of nitrogens with two attached hydrogens (primary N) is 1. The summed E-state index contributed by atoms with van der Waals surface area (Å²) < 4.78 is 0. The Morgan fingerprint density at radius 2 is 2.10 bits per heavy atom. The molecule has 0 aliphatic rings. The number of primary amides is 1. The summed E-state index contributed by atoms with van der Waals surface area (Å²) in [4.78, 5) is 10.4. The van der Waals surface area contributed by atoms with Crippen LogP contribution >= 0.6 is 0 Å². The molecule has 0 rings (SSSR count).